The van der Waals surface area contributed by atoms with Crippen molar-refractivity contribution in [3.63, 3.8) is 0 Å². The van der Waals surface area contributed by atoms with Gasteiger partial charge in [0.25, 0.3) is 0 Å². The normalized spacial score (nSPS) is 19.1. The lowest BCUT2D eigenvalue weighted by atomic mass is 9.78. The number of amidine groups is 1. The van der Waals surface area contributed by atoms with Crippen LogP contribution in [0, 0.1) is 5.41 Å². The Morgan fingerprint density at radius 2 is 1.80 bits per heavy atom. The summed E-state index contributed by atoms with van der Waals surface area (Å²) in [5, 5.41) is 7.78. The lowest BCUT2D eigenvalue weighted by molar-refractivity contribution is -0.109. The monoisotopic (exact) mass is 360 g/mol. The van der Waals surface area contributed by atoms with Gasteiger partial charge < -0.3 is 15.0 Å². The molecule has 2 rings (SSSR count). The molecule has 0 aliphatic carbocycles. The second-order valence-electron chi connectivity index (χ2n) is 7.09. The first-order valence-electron chi connectivity index (χ1n) is 8.16. The van der Waals surface area contributed by atoms with Gasteiger partial charge in [-0.25, -0.2) is 0 Å². The summed E-state index contributed by atoms with van der Waals surface area (Å²) < 4.78 is 12.3. The molecule has 0 saturated carbocycles. The van der Waals surface area contributed by atoms with Crippen LogP contribution < -0.4 is 5.73 Å². The minimum atomic E-state index is -0.545. The van der Waals surface area contributed by atoms with Crippen molar-refractivity contribution in [1.82, 2.24) is 0 Å². The van der Waals surface area contributed by atoms with Gasteiger partial charge in [-0.05, 0) is 38.7 Å². The Balaban J connectivity index is 2.41. The van der Waals surface area contributed by atoms with Crippen LogP contribution in [0.1, 0.15) is 45.7 Å². The lowest BCUT2D eigenvalue weighted by Gasteiger charge is -2.32. The average molecular weight is 360 g/mol. The van der Waals surface area contributed by atoms with Gasteiger partial charge in [0, 0.05) is 18.2 Å². The van der Waals surface area contributed by atoms with Crippen molar-refractivity contribution in [1.29, 1.82) is 5.41 Å². The van der Waals surface area contributed by atoms with Crippen molar-refractivity contribution in [2.45, 2.75) is 45.8 Å². The fourth-order valence-electron chi connectivity index (χ4n) is 2.43. The van der Waals surface area contributed by atoms with Crippen molar-refractivity contribution in [2.24, 2.45) is 5.73 Å². The first-order chi connectivity index (χ1) is 11.5. The third-order valence-electron chi connectivity index (χ3n) is 4.59. The van der Waals surface area contributed by atoms with Crippen LogP contribution in [0.15, 0.2) is 29.7 Å². The standard InChI is InChI=1S/C18H25BN2O3S/c1-12(22)25-11-14(19-23-17(2,3)18(4,5)24-19)10-13-8-6-7-9-15(13)16(20)21/h6-10H,11H2,1-5H3,(H3,20,21). The van der Waals surface area contributed by atoms with E-state index in [1.165, 1.54) is 18.7 Å². The molecule has 3 N–H and O–H groups in total. The average Bonchev–Trinajstić information content (AvgIpc) is 2.71. The topological polar surface area (TPSA) is 85.4 Å². The number of rotatable bonds is 5. The third-order valence-corrected chi connectivity index (χ3v) is 5.47. The Kier molecular flexibility index (Phi) is 5.81. The summed E-state index contributed by atoms with van der Waals surface area (Å²) in [5.74, 6) is 0.456. The van der Waals surface area contributed by atoms with Gasteiger partial charge in [-0.2, -0.15) is 0 Å². The molecule has 0 bridgehead atoms. The van der Waals surface area contributed by atoms with Crippen LogP contribution in [-0.4, -0.2) is 35.0 Å². The molecule has 134 valence electrons. The van der Waals surface area contributed by atoms with Gasteiger partial charge in [0.15, 0.2) is 5.12 Å². The molecule has 1 aliphatic heterocycles. The van der Waals surface area contributed by atoms with Crippen molar-refractivity contribution < 1.29 is 14.1 Å². The van der Waals surface area contributed by atoms with Crippen LogP contribution in [0.2, 0.25) is 0 Å². The summed E-state index contributed by atoms with van der Waals surface area (Å²) in [6.07, 6.45) is 1.91. The van der Waals surface area contributed by atoms with E-state index >= 15 is 0 Å². The first kappa shape index (κ1) is 19.8. The van der Waals surface area contributed by atoms with Gasteiger partial charge in [0.1, 0.15) is 5.84 Å². The predicted molar refractivity (Wildman–Crippen MR) is 105 cm³/mol. The maximum absolute atomic E-state index is 11.4. The van der Waals surface area contributed by atoms with Gasteiger partial charge in [-0.15, -0.1) is 0 Å². The highest BCUT2D eigenvalue weighted by Crippen LogP contribution is 2.39. The number of benzene rings is 1. The second kappa shape index (κ2) is 7.36. The van der Waals surface area contributed by atoms with Crippen LogP contribution in [0.25, 0.3) is 6.08 Å². The first-order valence-corrected chi connectivity index (χ1v) is 9.15. The zero-order chi connectivity index (χ0) is 18.8. The summed E-state index contributed by atoms with van der Waals surface area (Å²) >= 11 is 1.21. The van der Waals surface area contributed by atoms with Gasteiger partial charge in [-0.3, -0.25) is 10.2 Å². The molecule has 5 nitrogen and oxygen atoms in total. The number of hydrogen-bond donors (Lipinski definition) is 2. The largest absolute Gasteiger partial charge is 0.491 e. The Morgan fingerprint density at radius 1 is 1.24 bits per heavy atom. The van der Waals surface area contributed by atoms with Crippen LogP contribution >= 0.6 is 11.8 Å². The van der Waals surface area contributed by atoms with Crippen molar-refractivity contribution in [3.8, 4) is 0 Å². The van der Waals surface area contributed by atoms with E-state index in [1.54, 1.807) is 6.07 Å². The third kappa shape index (κ3) is 4.54. The zero-order valence-electron chi connectivity index (χ0n) is 15.4. The molecule has 1 aromatic carbocycles. The SMILES string of the molecule is CC(=O)SCC(=Cc1ccccc1C(=N)N)B1OC(C)(C)C(C)(C)O1. The Bertz CT molecular complexity index is 700. The number of hydrogen-bond acceptors (Lipinski definition) is 5. The molecule has 0 atom stereocenters. The molecule has 0 amide bonds. The predicted octanol–water partition coefficient (Wildman–Crippen LogP) is 3.27. The van der Waals surface area contributed by atoms with E-state index < -0.39 is 18.3 Å². The van der Waals surface area contributed by atoms with E-state index in [1.807, 2.05) is 52.0 Å². The molecule has 1 fully saturated rings. The van der Waals surface area contributed by atoms with Gasteiger partial charge in [0.2, 0.25) is 0 Å². The summed E-state index contributed by atoms with van der Waals surface area (Å²) in [4.78, 5) is 11.4. The molecule has 0 spiro atoms. The second-order valence-corrected chi connectivity index (χ2v) is 8.24. The Morgan fingerprint density at radius 3 is 2.32 bits per heavy atom. The van der Waals surface area contributed by atoms with E-state index in [4.69, 9.17) is 20.5 Å². The van der Waals surface area contributed by atoms with Crippen LogP contribution in [0.4, 0.5) is 0 Å². The fraction of sp³-hybridized carbons (Fsp3) is 0.444. The maximum atomic E-state index is 11.4. The molecule has 25 heavy (non-hydrogen) atoms. The number of nitrogens with two attached hydrogens (primary N) is 1. The van der Waals surface area contributed by atoms with Crippen molar-refractivity contribution >= 4 is 35.9 Å². The molecule has 1 heterocycles. The molecular weight excluding hydrogens is 335 g/mol. The van der Waals surface area contributed by atoms with E-state index in [0.29, 0.717) is 11.3 Å². The lowest BCUT2D eigenvalue weighted by Crippen LogP contribution is -2.41. The minimum Gasteiger partial charge on any atom is -0.400 e. The highest BCUT2D eigenvalue weighted by Gasteiger charge is 2.52. The van der Waals surface area contributed by atoms with Gasteiger partial charge in [0.05, 0.1) is 11.2 Å². The summed E-state index contributed by atoms with van der Waals surface area (Å²) in [6.45, 7) is 9.51. The van der Waals surface area contributed by atoms with Crippen LogP contribution in [0.5, 0.6) is 0 Å². The molecule has 0 aromatic heterocycles. The highest BCUT2D eigenvalue weighted by molar-refractivity contribution is 8.13. The molecule has 1 aromatic rings. The quantitative estimate of drug-likeness (QED) is 0.478. The Labute approximate surface area is 154 Å². The van der Waals surface area contributed by atoms with E-state index in [0.717, 1.165) is 11.0 Å². The fourth-order valence-corrected chi connectivity index (χ4v) is 3.01. The Hall–Kier alpha value is -1.57. The summed E-state index contributed by atoms with van der Waals surface area (Å²) in [7, 11) is -0.545. The summed E-state index contributed by atoms with van der Waals surface area (Å²) in [5.41, 5.74) is 7.06. The van der Waals surface area contributed by atoms with Crippen LogP contribution in [0.3, 0.4) is 0 Å². The maximum Gasteiger partial charge on any atom is 0.491 e. The van der Waals surface area contributed by atoms with Crippen molar-refractivity contribution in [3.05, 3.63) is 40.9 Å². The number of carbonyl (C=O) groups is 1. The minimum absolute atomic E-state index is 0.000612. The number of nitrogen functional groups attached to an aromatic ring is 1. The van der Waals surface area contributed by atoms with E-state index in [-0.39, 0.29) is 11.0 Å². The van der Waals surface area contributed by atoms with E-state index in [2.05, 4.69) is 0 Å². The van der Waals surface area contributed by atoms with Gasteiger partial charge in [-0.1, -0.05) is 42.1 Å². The van der Waals surface area contributed by atoms with Crippen LogP contribution in [-0.2, 0) is 14.1 Å². The smallest absolute Gasteiger partial charge is 0.400 e. The molecule has 7 heteroatoms. The molecule has 1 aliphatic rings. The number of nitrogens with one attached hydrogen (secondary N) is 1. The molecular formula is C18H25BN2O3S. The number of thioether (sulfide) groups is 1. The zero-order valence-corrected chi connectivity index (χ0v) is 16.2. The molecule has 0 unspecified atom stereocenters. The van der Waals surface area contributed by atoms with Gasteiger partial charge >= 0.3 is 7.12 Å². The summed E-state index contributed by atoms with van der Waals surface area (Å²) in [6, 6.07) is 7.42. The molecule has 0 radical (unpaired) electrons. The number of carbonyl (C=O) groups excluding carboxylic acids is 1. The van der Waals surface area contributed by atoms with Crippen molar-refractivity contribution in [2.75, 3.05) is 5.75 Å². The molecule has 1 saturated heterocycles. The van der Waals surface area contributed by atoms with E-state index in [9.17, 15) is 4.79 Å². The highest BCUT2D eigenvalue weighted by atomic mass is 32.2.